The molecule has 1 fully saturated rings. The van der Waals surface area contributed by atoms with Gasteiger partial charge in [0.15, 0.2) is 0 Å². The second-order valence-corrected chi connectivity index (χ2v) is 8.34. The third-order valence-electron chi connectivity index (χ3n) is 6.12. The number of anilines is 1. The molecule has 1 saturated heterocycles. The van der Waals surface area contributed by atoms with Gasteiger partial charge < -0.3 is 14.2 Å². The van der Waals surface area contributed by atoms with Crippen LogP contribution in [-0.4, -0.2) is 57.8 Å². The van der Waals surface area contributed by atoms with Gasteiger partial charge in [0.25, 0.3) is 11.8 Å². The Hall–Kier alpha value is -3.94. The average Bonchev–Trinajstić information content (AvgIpc) is 3.42. The van der Waals surface area contributed by atoms with Crippen molar-refractivity contribution in [3.05, 3.63) is 83.2 Å². The van der Waals surface area contributed by atoms with Crippen LogP contribution in [0.5, 0.6) is 0 Å². The van der Waals surface area contributed by atoms with Gasteiger partial charge in [-0.05, 0) is 43.2 Å². The second-order valence-electron chi connectivity index (χ2n) is 8.34. The highest BCUT2D eigenvalue weighted by molar-refractivity contribution is 6.35. The van der Waals surface area contributed by atoms with E-state index in [4.69, 9.17) is 4.42 Å². The van der Waals surface area contributed by atoms with E-state index < -0.39 is 0 Å². The van der Waals surface area contributed by atoms with Crippen LogP contribution in [0.2, 0.25) is 0 Å². The van der Waals surface area contributed by atoms with Gasteiger partial charge in [0, 0.05) is 38.6 Å². The summed E-state index contributed by atoms with van der Waals surface area (Å²) in [5, 5.41) is 0. The number of hydrogen-bond acceptors (Lipinski definition) is 7. The Kier molecular flexibility index (Phi) is 5.42. The summed E-state index contributed by atoms with van der Waals surface area (Å²) in [7, 11) is 0. The molecule has 5 rings (SSSR count). The fourth-order valence-electron chi connectivity index (χ4n) is 4.48. The molecule has 0 radical (unpaired) electrons. The molecule has 4 heterocycles. The quantitative estimate of drug-likeness (QED) is 0.561. The number of carbonyl (C=O) groups is 2. The van der Waals surface area contributed by atoms with Crippen LogP contribution in [0.1, 0.15) is 22.5 Å². The Labute approximate surface area is 192 Å². The van der Waals surface area contributed by atoms with E-state index >= 15 is 0 Å². The summed E-state index contributed by atoms with van der Waals surface area (Å²) in [5.41, 5.74) is 3.81. The van der Waals surface area contributed by atoms with Gasteiger partial charge in [-0.3, -0.25) is 14.5 Å². The first-order chi connectivity index (χ1) is 16.0. The van der Waals surface area contributed by atoms with Crippen molar-refractivity contribution in [1.82, 2.24) is 19.8 Å². The molecule has 2 amide bonds. The topological polar surface area (TPSA) is 82.8 Å². The number of aryl methyl sites for hydroxylation is 2. The zero-order chi connectivity index (χ0) is 22.9. The Morgan fingerprint density at radius 3 is 2.30 bits per heavy atom. The smallest absolute Gasteiger partial charge is 0.278 e. The number of furan rings is 1. The van der Waals surface area contributed by atoms with Crippen LogP contribution >= 0.6 is 0 Å². The first-order valence-corrected chi connectivity index (χ1v) is 11.0. The molecule has 0 bridgehead atoms. The van der Waals surface area contributed by atoms with Crippen molar-refractivity contribution in [2.45, 2.75) is 20.4 Å². The van der Waals surface area contributed by atoms with Crippen molar-refractivity contribution in [3.63, 3.8) is 0 Å². The molecular weight excluding hydrogens is 418 g/mol. The van der Waals surface area contributed by atoms with Crippen LogP contribution in [0.3, 0.4) is 0 Å². The van der Waals surface area contributed by atoms with Crippen LogP contribution < -0.4 is 4.90 Å². The predicted molar refractivity (Wildman–Crippen MR) is 123 cm³/mol. The van der Waals surface area contributed by atoms with Crippen LogP contribution in [0.25, 0.3) is 5.57 Å². The third-order valence-corrected chi connectivity index (χ3v) is 6.12. The monoisotopic (exact) mass is 443 g/mol. The normalized spacial score (nSPS) is 16.8. The van der Waals surface area contributed by atoms with Gasteiger partial charge in [-0.25, -0.2) is 9.97 Å². The maximum Gasteiger partial charge on any atom is 0.278 e. The van der Waals surface area contributed by atoms with Crippen LogP contribution in [0, 0.1) is 13.8 Å². The molecule has 1 aromatic carbocycles. The number of benzene rings is 1. The number of piperazine rings is 1. The van der Waals surface area contributed by atoms with E-state index in [0.29, 0.717) is 49.2 Å². The highest BCUT2D eigenvalue weighted by Crippen LogP contribution is 2.35. The lowest BCUT2D eigenvalue weighted by Crippen LogP contribution is -2.48. The van der Waals surface area contributed by atoms with Gasteiger partial charge >= 0.3 is 0 Å². The molecule has 8 nitrogen and oxygen atoms in total. The Morgan fingerprint density at radius 2 is 1.64 bits per heavy atom. The summed E-state index contributed by atoms with van der Waals surface area (Å²) in [5.74, 6) is 0.681. The van der Waals surface area contributed by atoms with Crippen LogP contribution in [0.15, 0.2) is 65.2 Å². The molecule has 3 aromatic rings. The van der Waals surface area contributed by atoms with Crippen molar-refractivity contribution in [1.29, 1.82) is 0 Å². The number of amides is 2. The Bertz CT molecular complexity index is 1210. The van der Waals surface area contributed by atoms with Gasteiger partial charge in [-0.1, -0.05) is 23.8 Å². The summed E-state index contributed by atoms with van der Waals surface area (Å²) < 4.78 is 5.42. The summed E-state index contributed by atoms with van der Waals surface area (Å²) in [6.45, 7) is 6.61. The molecule has 0 N–H and O–H groups in total. The van der Waals surface area contributed by atoms with Crippen molar-refractivity contribution in [2.24, 2.45) is 0 Å². The number of nitrogens with zero attached hydrogens (tertiary/aromatic N) is 5. The Morgan fingerprint density at radius 1 is 0.909 bits per heavy atom. The lowest BCUT2D eigenvalue weighted by atomic mass is 9.97. The fourth-order valence-corrected chi connectivity index (χ4v) is 4.48. The molecular formula is C25H25N5O3. The van der Waals surface area contributed by atoms with E-state index in [9.17, 15) is 9.59 Å². The summed E-state index contributed by atoms with van der Waals surface area (Å²) >= 11 is 0. The van der Waals surface area contributed by atoms with E-state index in [1.54, 1.807) is 36.9 Å². The largest absolute Gasteiger partial charge is 0.467 e. The molecule has 0 aliphatic carbocycles. The molecule has 0 saturated carbocycles. The molecule has 2 aromatic heterocycles. The van der Waals surface area contributed by atoms with Gasteiger partial charge in [0.1, 0.15) is 11.5 Å². The molecule has 8 heteroatoms. The molecule has 33 heavy (non-hydrogen) atoms. The molecule has 168 valence electrons. The predicted octanol–water partition coefficient (Wildman–Crippen LogP) is 2.79. The SMILES string of the molecule is Cc1ccc(C2=C(N3CCN(c4ncccn4)CC3)C(=O)N(Cc3ccco3)C2=O)c(C)c1. The van der Waals surface area contributed by atoms with Crippen molar-refractivity contribution >= 4 is 23.3 Å². The van der Waals surface area contributed by atoms with E-state index in [1.807, 2.05) is 36.9 Å². The van der Waals surface area contributed by atoms with Gasteiger partial charge in [0.05, 0.1) is 18.4 Å². The zero-order valence-corrected chi connectivity index (χ0v) is 18.7. The second kappa shape index (κ2) is 8.54. The first-order valence-electron chi connectivity index (χ1n) is 11.0. The zero-order valence-electron chi connectivity index (χ0n) is 18.7. The van der Waals surface area contributed by atoms with Gasteiger partial charge in [-0.2, -0.15) is 0 Å². The lowest BCUT2D eigenvalue weighted by Gasteiger charge is -2.36. The average molecular weight is 444 g/mol. The van der Waals surface area contributed by atoms with Crippen molar-refractivity contribution in [3.8, 4) is 0 Å². The number of hydrogen-bond donors (Lipinski definition) is 0. The number of aromatic nitrogens is 2. The van der Waals surface area contributed by atoms with Crippen molar-refractivity contribution in [2.75, 3.05) is 31.1 Å². The summed E-state index contributed by atoms with van der Waals surface area (Å²) in [4.78, 5) is 41.2. The van der Waals surface area contributed by atoms with Crippen LogP contribution in [0.4, 0.5) is 5.95 Å². The minimum absolute atomic E-state index is 0.112. The van der Waals surface area contributed by atoms with E-state index in [0.717, 1.165) is 16.7 Å². The summed E-state index contributed by atoms with van der Waals surface area (Å²) in [6.07, 6.45) is 4.99. The van der Waals surface area contributed by atoms with Crippen LogP contribution in [-0.2, 0) is 16.1 Å². The standard InChI is InChI=1S/C25H25N5O3/c1-17-6-7-20(18(2)15-17)21-22(24(32)30(23(21)31)16-19-5-3-14-33-19)28-10-12-29(13-11-28)25-26-8-4-9-27-25/h3-9,14-15H,10-13,16H2,1-2H3. The van der Waals surface area contributed by atoms with Gasteiger partial charge in [0.2, 0.25) is 5.95 Å². The first kappa shape index (κ1) is 20.9. The van der Waals surface area contributed by atoms with Gasteiger partial charge in [-0.15, -0.1) is 0 Å². The highest BCUT2D eigenvalue weighted by atomic mass is 16.3. The van der Waals surface area contributed by atoms with Crippen molar-refractivity contribution < 1.29 is 14.0 Å². The molecule has 0 atom stereocenters. The summed E-state index contributed by atoms with van der Waals surface area (Å²) in [6, 6.07) is 11.3. The molecule has 2 aliphatic heterocycles. The fraction of sp³-hybridized carbons (Fsp3) is 0.280. The van der Waals surface area contributed by atoms with E-state index in [1.165, 1.54) is 4.90 Å². The number of carbonyl (C=O) groups excluding carboxylic acids is 2. The maximum absolute atomic E-state index is 13.6. The highest BCUT2D eigenvalue weighted by Gasteiger charge is 2.43. The molecule has 0 unspecified atom stereocenters. The minimum atomic E-state index is -0.285. The Balaban J connectivity index is 1.48. The molecule has 2 aliphatic rings. The number of imide groups is 1. The maximum atomic E-state index is 13.6. The third kappa shape index (κ3) is 3.88. The number of rotatable bonds is 5. The van der Waals surface area contributed by atoms with E-state index in [2.05, 4.69) is 14.9 Å². The van der Waals surface area contributed by atoms with E-state index in [-0.39, 0.29) is 18.4 Å². The lowest BCUT2D eigenvalue weighted by molar-refractivity contribution is -0.138. The minimum Gasteiger partial charge on any atom is -0.467 e. The molecule has 0 spiro atoms.